The van der Waals surface area contributed by atoms with Crippen LogP contribution in [-0.2, 0) is 14.3 Å². The molecule has 1 unspecified atom stereocenters. The highest BCUT2D eigenvalue weighted by molar-refractivity contribution is 5.79. The predicted molar refractivity (Wildman–Crippen MR) is 75.3 cm³/mol. The second-order valence-corrected chi connectivity index (χ2v) is 5.47. The minimum absolute atomic E-state index is 0.0144. The van der Waals surface area contributed by atoms with Crippen molar-refractivity contribution in [3.05, 3.63) is 0 Å². The average Bonchev–Trinajstić information content (AvgIpc) is 2.49. The fourth-order valence-corrected chi connectivity index (χ4v) is 2.66. The molecule has 0 aromatic heterocycles. The van der Waals surface area contributed by atoms with Gasteiger partial charge in [-0.15, -0.1) is 0 Å². The number of amides is 2. The van der Waals surface area contributed by atoms with Gasteiger partial charge in [-0.1, -0.05) is 0 Å². The molecule has 20 heavy (non-hydrogen) atoms. The van der Waals surface area contributed by atoms with Crippen molar-refractivity contribution >= 4 is 11.8 Å². The largest absolute Gasteiger partial charge is 0.378 e. The monoisotopic (exact) mass is 283 g/mol. The minimum atomic E-state index is -0.0144. The number of rotatable bonds is 5. The van der Waals surface area contributed by atoms with Crippen molar-refractivity contribution in [1.82, 2.24) is 15.5 Å². The number of carbonyl (C=O) groups is 2. The van der Waals surface area contributed by atoms with Gasteiger partial charge in [0.2, 0.25) is 11.8 Å². The van der Waals surface area contributed by atoms with Crippen LogP contribution in [0.3, 0.4) is 0 Å². The Bertz CT molecular complexity index is 324. The lowest BCUT2D eigenvalue weighted by Gasteiger charge is -2.27. The van der Waals surface area contributed by atoms with Crippen LogP contribution in [0.1, 0.15) is 32.1 Å². The molecule has 2 saturated heterocycles. The van der Waals surface area contributed by atoms with Gasteiger partial charge in [0.05, 0.1) is 13.2 Å². The number of carbonyl (C=O) groups excluding carboxylic acids is 2. The topological polar surface area (TPSA) is 70.7 Å². The van der Waals surface area contributed by atoms with E-state index < -0.39 is 0 Å². The Labute approximate surface area is 120 Å². The Kier molecular flexibility index (Phi) is 6.26. The number of piperidine rings is 1. The van der Waals surface area contributed by atoms with Gasteiger partial charge in [-0.2, -0.15) is 0 Å². The van der Waals surface area contributed by atoms with Gasteiger partial charge >= 0.3 is 0 Å². The summed E-state index contributed by atoms with van der Waals surface area (Å²) in [5, 5.41) is 6.06. The highest BCUT2D eigenvalue weighted by Crippen LogP contribution is 2.09. The van der Waals surface area contributed by atoms with Gasteiger partial charge in [0.15, 0.2) is 0 Å². The summed E-state index contributed by atoms with van der Waals surface area (Å²) in [6, 6.07) is 0.0987. The van der Waals surface area contributed by atoms with Crippen molar-refractivity contribution in [2.24, 2.45) is 0 Å². The van der Waals surface area contributed by atoms with Gasteiger partial charge in [0.1, 0.15) is 0 Å². The summed E-state index contributed by atoms with van der Waals surface area (Å²) < 4.78 is 5.30. The maximum Gasteiger partial charge on any atom is 0.224 e. The van der Waals surface area contributed by atoms with Crippen LogP contribution in [-0.4, -0.2) is 62.1 Å². The van der Waals surface area contributed by atoms with E-state index in [1.54, 1.807) is 0 Å². The lowest BCUT2D eigenvalue weighted by atomic mass is 10.1. The zero-order chi connectivity index (χ0) is 14.2. The zero-order valence-corrected chi connectivity index (χ0v) is 12.0. The van der Waals surface area contributed by atoms with E-state index in [-0.39, 0.29) is 17.9 Å². The molecule has 0 spiro atoms. The zero-order valence-electron chi connectivity index (χ0n) is 12.0. The molecule has 2 aliphatic heterocycles. The van der Waals surface area contributed by atoms with E-state index in [1.807, 2.05) is 4.90 Å². The van der Waals surface area contributed by atoms with E-state index in [4.69, 9.17) is 4.74 Å². The van der Waals surface area contributed by atoms with Crippen molar-refractivity contribution < 1.29 is 14.3 Å². The summed E-state index contributed by atoms with van der Waals surface area (Å²) >= 11 is 0. The molecule has 0 saturated carbocycles. The van der Waals surface area contributed by atoms with E-state index in [0.717, 1.165) is 32.5 Å². The molecule has 0 aromatic carbocycles. The fraction of sp³-hybridized carbons (Fsp3) is 0.857. The first-order valence-corrected chi connectivity index (χ1v) is 7.61. The number of likely N-dealkylation sites (tertiary alicyclic amines) is 1. The Hall–Kier alpha value is -1.14. The third-order valence-corrected chi connectivity index (χ3v) is 3.80. The van der Waals surface area contributed by atoms with Crippen molar-refractivity contribution in [1.29, 1.82) is 0 Å². The highest BCUT2D eigenvalue weighted by atomic mass is 16.5. The second kappa shape index (κ2) is 8.21. The fourth-order valence-electron chi connectivity index (χ4n) is 2.66. The Balaban J connectivity index is 1.57. The number of hydrogen-bond donors (Lipinski definition) is 2. The maximum absolute atomic E-state index is 11.9. The van der Waals surface area contributed by atoms with Crippen LogP contribution in [0.5, 0.6) is 0 Å². The minimum Gasteiger partial charge on any atom is -0.378 e. The third kappa shape index (κ3) is 5.09. The molecule has 2 rings (SSSR count). The first-order valence-electron chi connectivity index (χ1n) is 7.61. The van der Waals surface area contributed by atoms with E-state index in [0.29, 0.717) is 32.6 Å². The van der Waals surface area contributed by atoms with Gasteiger partial charge in [-0.25, -0.2) is 0 Å². The molecule has 2 amide bonds. The van der Waals surface area contributed by atoms with E-state index in [2.05, 4.69) is 10.6 Å². The number of ether oxygens (including phenoxy) is 1. The van der Waals surface area contributed by atoms with E-state index >= 15 is 0 Å². The first kappa shape index (κ1) is 15.3. The molecular formula is C14H25N3O3. The standard InChI is InChI=1S/C14H25N3O3/c18-13(10-12-11-20-9-6-15-12)16-5-4-14(19)17-7-2-1-3-8-17/h12,15H,1-11H2,(H,16,18). The normalized spacial score (nSPS) is 23.4. The molecule has 2 aliphatic rings. The molecule has 6 heteroatoms. The Morgan fingerprint density at radius 1 is 1.25 bits per heavy atom. The van der Waals surface area contributed by atoms with Crippen molar-refractivity contribution in [3.63, 3.8) is 0 Å². The number of morpholine rings is 1. The number of hydrogen-bond acceptors (Lipinski definition) is 4. The quantitative estimate of drug-likeness (QED) is 0.738. The number of nitrogens with zero attached hydrogens (tertiary/aromatic N) is 1. The third-order valence-electron chi connectivity index (χ3n) is 3.80. The summed E-state index contributed by atoms with van der Waals surface area (Å²) in [5.41, 5.74) is 0. The van der Waals surface area contributed by atoms with Crippen molar-refractivity contribution in [2.45, 2.75) is 38.1 Å². The molecule has 0 aromatic rings. The summed E-state index contributed by atoms with van der Waals surface area (Å²) in [6.07, 6.45) is 4.24. The second-order valence-electron chi connectivity index (χ2n) is 5.47. The predicted octanol–water partition coefficient (Wildman–Crippen LogP) is -0.116. The molecular weight excluding hydrogens is 258 g/mol. The SMILES string of the molecule is O=C(CC1COCCN1)NCCC(=O)N1CCCCC1. The highest BCUT2D eigenvalue weighted by Gasteiger charge is 2.18. The van der Waals surface area contributed by atoms with Crippen LogP contribution < -0.4 is 10.6 Å². The Morgan fingerprint density at radius 3 is 2.75 bits per heavy atom. The van der Waals surface area contributed by atoms with Crippen LogP contribution >= 0.6 is 0 Å². The van der Waals surface area contributed by atoms with Crippen molar-refractivity contribution in [3.8, 4) is 0 Å². The first-order chi connectivity index (χ1) is 9.75. The molecule has 0 bridgehead atoms. The molecule has 1 atom stereocenters. The molecule has 0 aliphatic carbocycles. The van der Waals surface area contributed by atoms with Crippen LogP contribution in [0.15, 0.2) is 0 Å². The van der Waals surface area contributed by atoms with Crippen LogP contribution in [0.4, 0.5) is 0 Å². The molecule has 2 heterocycles. The summed E-state index contributed by atoms with van der Waals surface area (Å²) in [6.45, 7) is 4.27. The van der Waals surface area contributed by atoms with Crippen LogP contribution in [0.25, 0.3) is 0 Å². The van der Waals surface area contributed by atoms with Gasteiger partial charge in [-0.05, 0) is 19.3 Å². The summed E-state index contributed by atoms with van der Waals surface area (Å²) in [5.74, 6) is 0.142. The van der Waals surface area contributed by atoms with Gasteiger partial charge < -0.3 is 20.3 Å². The summed E-state index contributed by atoms with van der Waals surface area (Å²) in [7, 11) is 0. The molecule has 2 N–H and O–H groups in total. The smallest absolute Gasteiger partial charge is 0.224 e. The van der Waals surface area contributed by atoms with Crippen LogP contribution in [0, 0.1) is 0 Å². The molecule has 0 radical (unpaired) electrons. The van der Waals surface area contributed by atoms with Gasteiger partial charge in [0, 0.05) is 45.1 Å². The van der Waals surface area contributed by atoms with E-state index in [9.17, 15) is 9.59 Å². The van der Waals surface area contributed by atoms with Crippen molar-refractivity contribution in [2.75, 3.05) is 39.4 Å². The maximum atomic E-state index is 11.9. The Morgan fingerprint density at radius 2 is 2.05 bits per heavy atom. The molecule has 114 valence electrons. The molecule has 6 nitrogen and oxygen atoms in total. The van der Waals surface area contributed by atoms with Gasteiger partial charge in [0.25, 0.3) is 0 Å². The lowest BCUT2D eigenvalue weighted by molar-refractivity contribution is -0.132. The summed E-state index contributed by atoms with van der Waals surface area (Å²) in [4.78, 5) is 25.6. The van der Waals surface area contributed by atoms with Crippen LogP contribution in [0.2, 0.25) is 0 Å². The lowest BCUT2D eigenvalue weighted by Crippen LogP contribution is -2.44. The van der Waals surface area contributed by atoms with Gasteiger partial charge in [-0.3, -0.25) is 9.59 Å². The average molecular weight is 283 g/mol. The molecule has 2 fully saturated rings. The van der Waals surface area contributed by atoms with E-state index in [1.165, 1.54) is 6.42 Å². The number of nitrogens with one attached hydrogen (secondary N) is 2.